The first kappa shape index (κ1) is 17.4. The summed E-state index contributed by atoms with van der Waals surface area (Å²) in [4.78, 5) is 4.76. The summed E-state index contributed by atoms with van der Waals surface area (Å²) in [6, 6.07) is 15.9. The highest BCUT2D eigenvalue weighted by molar-refractivity contribution is 5.60. The summed E-state index contributed by atoms with van der Waals surface area (Å²) in [5, 5.41) is 9.38. The molecule has 1 aromatic heterocycles. The fourth-order valence-corrected chi connectivity index (χ4v) is 3.35. The van der Waals surface area contributed by atoms with Gasteiger partial charge in [0.05, 0.1) is 12.8 Å². The number of hydrogen-bond donors (Lipinski definition) is 1. The van der Waals surface area contributed by atoms with Crippen molar-refractivity contribution in [3.8, 4) is 28.8 Å². The molecule has 1 N–H and O–H groups in total. The van der Waals surface area contributed by atoms with Crippen molar-refractivity contribution in [1.29, 1.82) is 0 Å². The van der Waals surface area contributed by atoms with Crippen molar-refractivity contribution >= 4 is 0 Å². The number of methoxy groups -OCH3 is 1. The molecule has 0 aliphatic carbocycles. The largest absolute Gasteiger partial charge is 0.497 e. The zero-order valence-electron chi connectivity index (χ0n) is 15.4. The predicted octanol–water partition coefficient (Wildman–Crippen LogP) is 3.51. The number of aliphatic hydroxyl groups is 1. The number of aryl methyl sites for hydroxylation is 1. The molecule has 0 spiro atoms. The standard InChI is InChI=1S/C23H22N2O2/c1-27-21-11-6-18(7-12-21)3-2-17-4-9-20(10-5-17)22-15-25-14-19(16-26)8-13-23(25)24-22/h4-7,9-12,15,19,26H,8,13-14,16H2,1H3. The van der Waals surface area contributed by atoms with E-state index < -0.39 is 0 Å². The molecule has 4 nitrogen and oxygen atoms in total. The van der Waals surface area contributed by atoms with Crippen molar-refractivity contribution in [3.63, 3.8) is 0 Å². The van der Waals surface area contributed by atoms with E-state index in [0.29, 0.717) is 5.92 Å². The lowest BCUT2D eigenvalue weighted by Gasteiger charge is -2.21. The van der Waals surface area contributed by atoms with Gasteiger partial charge in [0, 0.05) is 48.4 Å². The van der Waals surface area contributed by atoms with Crippen LogP contribution in [0.4, 0.5) is 0 Å². The van der Waals surface area contributed by atoms with Crippen LogP contribution in [-0.4, -0.2) is 28.4 Å². The summed E-state index contributed by atoms with van der Waals surface area (Å²) in [6.07, 6.45) is 4.03. The first-order valence-electron chi connectivity index (χ1n) is 9.18. The average Bonchev–Trinajstić information content (AvgIpc) is 3.16. The van der Waals surface area contributed by atoms with Crippen LogP contribution in [0.15, 0.2) is 54.7 Å². The van der Waals surface area contributed by atoms with Crippen molar-refractivity contribution in [2.45, 2.75) is 19.4 Å². The minimum atomic E-state index is 0.245. The normalized spacial score (nSPS) is 15.6. The molecule has 27 heavy (non-hydrogen) atoms. The first-order valence-corrected chi connectivity index (χ1v) is 9.18. The van der Waals surface area contributed by atoms with Crippen LogP contribution in [0.3, 0.4) is 0 Å². The topological polar surface area (TPSA) is 47.3 Å². The summed E-state index contributed by atoms with van der Waals surface area (Å²) in [7, 11) is 1.66. The Balaban J connectivity index is 1.50. The van der Waals surface area contributed by atoms with Crippen LogP contribution in [0.25, 0.3) is 11.3 Å². The van der Waals surface area contributed by atoms with E-state index in [1.807, 2.05) is 36.4 Å². The Morgan fingerprint density at radius 3 is 2.37 bits per heavy atom. The number of fused-ring (bicyclic) bond motifs is 1. The highest BCUT2D eigenvalue weighted by Crippen LogP contribution is 2.25. The molecule has 136 valence electrons. The highest BCUT2D eigenvalue weighted by Gasteiger charge is 2.20. The molecular weight excluding hydrogens is 336 g/mol. The molecule has 1 atom stereocenters. The summed E-state index contributed by atoms with van der Waals surface area (Å²) in [5.41, 5.74) is 4.00. The summed E-state index contributed by atoms with van der Waals surface area (Å²) < 4.78 is 7.34. The minimum absolute atomic E-state index is 0.245. The second-order valence-electron chi connectivity index (χ2n) is 6.84. The third kappa shape index (κ3) is 3.89. The molecule has 3 aromatic rings. The minimum Gasteiger partial charge on any atom is -0.497 e. The Morgan fingerprint density at radius 2 is 1.74 bits per heavy atom. The van der Waals surface area contributed by atoms with Crippen molar-refractivity contribution in [3.05, 3.63) is 71.7 Å². The van der Waals surface area contributed by atoms with Gasteiger partial charge in [-0.05, 0) is 42.8 Å². The van der Waals surface area contributed by atoms with Crippen LogP contribution in [0.2, 0.25) is 0 Å². The van der Waals surface area contributed by atoms with Crippen LogP contribution in [-0.2, 0) is 13.0 Å². The van der Waals surface area contributed by atoms with Crippen molar-refractivity contribution < 1.29 is 9.84 Å². The lowest BCUT2D eigenvalue weighted by atomic mass is 10.0. The molecule has 1 aliphatic heterocycles. The zero-order valence-corrected chi connectivity index (χ0v) is 15.4. The summed E-state index contributed by atoms with van der Waals surface area (Å²) >= 11 is 0. The van der Waals surface area contributed by atoms with E-state index in [9.17, 15) is 5.11 Å². The van der Waals surface area contributed by atoms with Gasteiger partial charge in [-0.25, -0.2) is 4.98 Å². The molecule has 0 radical (unpaired) electrons. The van der Waals surface area contributed by atoms with E-state index in [2.05, 4.69) is 34.7 Å². The monoisotopic (exact) mass is 358 g/mol. The SMILES string of the molecule is COc1ccc(C#Cc2ccc(-c3cn4c(n3)CCC(CO)C4)cc2)cc1. The van der Waals surface area contributed by atoms with Gasteiger partial charge in [-0.2, -0.15) is 0 Å². The smallest absolute Gasteiger partial charge is 0.118 e. The van der Waals surface area contributed by atoms with E-state index in [0.717, 1.165) is 53.3 Å². The molecule has 2 heterocycles. The van der Waals surface area contributed by atoms with Gasteiger partial charge in [0.25, 0.3) is 0 Å². The number of ether oxygens (including phenoxy) is 1. The second kappa shape index (κ2) is 7.69. The van der Waals surface area contributed by atoms with Crippen LogP contribution in [0.1, 0.15) is 23.4 Å². The number of aliphatic hydroxyl groups excluding tert-OH is 1. The van der Waals surface area contributed by atoms with Gasteiger partial charge in [-0.15, -0.1) is 0 Å². The Labute approximate surface area is 159 Å². The van der Waals surface area contributed by atoms with Gasteiger partial charge in [0.1, 0.15) is 11.6 Å². The quantitative estimate of drug-likeness (QED) is 0.729. The Morgan fingerprint density at radius 1 is 1.07 bits per heavy atom. The molecule has 4 rings (SSSR count). The van der Waals surface area contributed by atoms with E-state index >= 15 is 0 Å². The fourth-order valence-electron chi connectivity index (χ4n) is 3.35. The Hall–Kier alpha value is -3.03. The highest BCUT2D eigenvalue weighted by atomic mass is 16.5. The second-order valence-corrected chi connectivity index (χ2v) is 6.84. The number of rotatable bonds is 3. The molecule has 0 fully saturated rings. The van der Waals surface area contributed by atoms with Gasteiger partial charge in [-0.1, -0.05) is 24.0 Å². The molecule has 0 saturated carbocycles. The number of benzene rings is 2. The van der Waals surface area contributed by atoms with E-state index in [4.69, 9.17) is 9.72 Å². The predicted molar refractivity (Wildman–Crippen MR) is 106 cm³/mol. The van der Waals surface area contributed by atoms with Gasteiger partial charge in [-0.3, -0.25) is 0 Å². The van der Waals surface area contributed by atoms with Gasteiger partial charge < -0.3 is 14.4 Å². The molecule has 4 heteroatoms. The summed E-state index contributed by atoms with van der Waals surface area (Å²) in [6.45, 7) is 1.10. The molecule has 0 bridgehead atoms. The Kier molecular flexibility index (Phi) is 4.95. The maximum absolute atomic E-state index is 9.38. The van der Waals surface area contributed by atoms with Gasteiger partial charge >= 0.3 is 0 Å². The number of imidazole rings is 1. The third-order valence-corrected chi connectivity index (χ3v) is 4.97. The van der Waals surface area contributed by atoms with E-state index in [1.54, 1.807) is 7.11 Å². The third-order valence-electron chi connectivity index (χ3n) is 4.97. The lowest BCUT2D eigenvalue weighted by molar-refractivity contribution is 0.190. The maximum atomic E-state index is 9.38. The Bertz CT molecular complexity index is 976. The maximum Gasteiger partial charge on any atom is 0.118 e. The van der Waals surface area contributed by atoms with Crippen molar-refractivity contribution in [2.75, 3.05) is 13.7 Å². The van der Waals surface area contributed by atoms with Gasteiger partial charge in [0.2, 0.25) is 0 Å². The lowest BCUT2D eigenvalue weighted by Crippen LogP contribution is -2.22. The zero-order chi connectivity index (χ0) is 18.6. The number of nitrogens with zero attached hydrogens (tertiary/aromatic N) is 2. The summed E-state index contributed by atoms with van der Waals surface area (Å²) in [5.74, 6) is 8.65. The average molecular weight is 358 g/mol. The van der Waals surface area contributed by atoms with Crippen molar-refractivity contribution in [1.82, 2.24) is 9.55 Å². The van der Waals surface area contributed by atoms with E-state index in [-0.39, 0.29) is 6.61 Å². The molecule has 0 saturated heterocycles. The molecular formula is C23H22N2O2. The molecule has 0 amide bonds. The van der Waals surface area contributed by atoms with Crippen LogP contribution >= 0.6 is 0 Å². The van der Waals surface area contributed by atoms with Gasteiger partial charge in [0.15, 0.2) is 0 Å². The molecule has 2 aromatic carbocycles. The number of hydrogen-bond acceptors (Lipinski definition) is 3. The van der Waals surface area contributed by atoms with Crippen molar-refractivity contribution in [2.24, 2.45) is 5.92 Å². The number of aromatic nitrogens is 2. The first-order chi connectivity index (χ1) is 13.2. The van der Waals surface area contributed by atoms with Crippen LogP contribution in [0.5, 0.6) is 5.75 Å². The molecule has 1 aliphatic rings. The van der Waals surface area contributed by atoms with Crippen LogP contribution < -0.4 is 4.74 Å². The fraction of sp³-hybridized carbons (Fsp3) is 0.261. The van der Waals surface area contributed by atoms with Crippen LogP contribution in [0, 0.1) is 17.8 Å². The molecule has 1 unspecified atom stereocenters. The van der Waals surface area contributed by atoms with E-state index in [1.165, 1.54) is 0 Å².